The Morgan fingerprint density at radius 1 is 1.04 bits per heavy atom. The number of ether oxygens (including phenoxy) is 3. The van der Waals surface area contributed by atoms with Gasteiger partial charge in [0.2, 0.25) is 0 Å². The highest BCUT2D eigenvalue weighted by Crippen LogP contribution is 2.46. The fraction of sp³-hybridized carbons (Fsp3) is 0.605. The van der Waals surface area contributed by atoms with E-state index in [1.54, 1.807) is 6.07 Å². The smallest absolute Gasteiger partial charge is 0.263 e. The van der Waals surface area contributed by atoms with Gasteiger partial charge < -0.3 is 24.0 Å². The summed E-state index contributed by atoms with van der Waals surface area (Å²) in [4.78, 5) is 18.1. The summed E-state index contributed by atoms with van der Waals surface area (Å²) in [7, 11) is 2.60. The van der Waals surface area contributed by atoms with Crippen LogP contribution in [-0.2, 0) is 26.9 Å². The number of aryl methyl sites for hydroxylation is 1. The first kappa shape index (κ1) is 35.4. The number of rotatable bonds is 5. The number of nitrogens with zero attached hydrogens (tertiary/aromatic N) is 2. The molecule has 1 saturated heterocycles. The fourth-order valence-electron chi connectivity index (χ4n) is 7.63. The lowest BCUT2D eigenvalue weighted by atomic mass is 9.66. The minimum Gasteiger partial charge on any atom is -0.491 e. The van der Waals surface area contributed by atoms with Crippen molar-refractivity contribution in [3.63, 3.8) is 0 Å². The van der Waals surface area contributed by atoms with Crippen molar-refractivity contribution in [2.24, 2.45) is 23.7 Å². The van der Waals surface area contributed by atoms with Gasteiger partial charge in [0.05, 0.1) is 36.8 Å². The van der Waals surface area contributed by atoms with Gasteiger partial charge in [-0.25, -0.2) is 4.21 Å². The van der Waals surface area contributed by atoms with E-state index in [-0.39, 0.29) is 41.2 Å². The maximum absolute atomic E-state index is 13.5. The van der Waals surface area contributed by atoms with Crippen LogP contribution in [0.3, 0.4) is 0 Å². The maximum Gasteiger partial charge on any atom is 0.263 e. The van der Waals surface area contributed by atoms with E-state index in [0.717, 1.165) is 61.7 Å². The van der Waals surface area contributed by atoms with Gasteiger partial charge in [0.1, 0.15) is 16.7 Å². The van der Waals surface area contributed by atoms with E-state index in [1.165, 1.54) is 11.1 Å². The van der Waals surface area contributed by atoms with Crippen LogP contribution in [0.5, 0.6) is 5.75 Å². The van der Waals surface area contributed by atoms with Crippen LogP contribution >= 0.6 is 11.6 Å². The molecular weight excluding hydrogens is 646 g/mol. The highest BCUT2D eigenvalue weighted by molar-refractivity contribution is 7.84. The summed E-state index contributed by atoms with van der Waals surface area (Å²) in [6.45, 7) is 9.64. The van der Waals surface area contributed by atoms with Crippen LogP contribution in [0.25, 0.3) is 0 Å². The van der Waals surface area contributed by atoms with Crippen molar-refractivity contribution in [1.29, 1.82) is 0 Å². The second-order valence-electron chi connectivity index (χ2n) is 14.5. The zero-order valence-corrected chi connectivity index (χ0v) is 30.6. The molecule has 3 heterocycles. The Morgan fingerprint density at radius 3 is 2.54 bits per heavy atom. The van der Waals surface area contributed by atoms with Crippen molar-refractivity contribution in [2.45, 2.75) is 76.4 Å². The number of allylic oxidation sites excluding steroid dienone is 1. The van der Waals surface area contributed by atoms with E-state index in [0.29, 0.717) is 37.2 Å². The summed E-state index contributed by atoms with van der Waals surface area (Å²) in [6, 6.07) is 12.1. The number of amides is 1. The molecule has 2 fully saturated rings. The average molecular weight is 698 g/mol. The fourth-order valence-corrected chi connectivity index (χ4v) is 8.84. The second-order valence-corrected chi connectivity index (χ2v) is 16.5. The predicted molar refractivity (Wildman–Crippen MR) is 193 cm³/mol. The van der Waals surface area contributed by atoms with Crippen LogP contribution in [0.15, 0.2) is 48.6 Å². The van der Waals surface area contributed by atoms with Gasteiger partial charge in [-0.1, -0.05) is 50.1 Å². The molecule has 2 bridgehead atoms. The minimum atomic E-state index is -1.54. The molecule has 2 aromatic rings. The summed E-state index contributed by atoms with van der Waals surface area (Å²) >= 11 is 6.46. The number of carbonyl (C=O) groups is 1. The minimum absolute atomic E-state index is 0.109. The number of nitrogens with one attached hydrogen (secondary N) is 1. The van der Waals surface area contributed by atoms with Gasteiger partial charge in [-0.05, 0) is 106 Å². The van der Waals surface area contributed by atoms with Crippen LogP contribution in [0, 0.1) is 23.7 Å². The topological polar surface area (TPSA) is 80.3 Å². The molecule has 1 amide bonds. The van der Waals surface area contributed by atoms with E-state index in [4.69, 9.17) is 25.8 Å². The van der Waals surface area contributed by atoms with Gasteiger partial charge >= 0.3 is 0 Å². The number of carbonyl (C=O) groups excluding carboxylic acids is 1. The summed E-state index contributed by atoms with van der Waals surface area (Å²) in [5.74, 6) is 1.59. The zero-order valence-electron chi connectivity index (χ0n) is 29.0. The van der Waals surface area contributed by atoms with Gasteiger partial charge in [0.15, 0.2) is 6.29 Å². The highest BCUT2D eigenvalue weighted by Gasteiger charge is 2.43. The lowest BCUT2D eigenvalue weighted by molar-refractivity contribution is -0.230. The van der Waals surface area contributed by atoms with Crippen LogP contribution in [0.2, 0.25) is 5.02 Å². The quantitative estimate of drug-likeness (QED) is 0.353. The Morgan fingerprint density at radius 2 is 1.83 bits per heavy atom. The van der Waals surface area contributed by atoms with Gasteiger partial charge in [0.25, 0.3) is 5.91 Å². The summed E-state index contributed by atoms with van der Waals surface area (Å²) in [6.07, 6.45) is 9.20. The average Bonchev–Trinajstić information content (AvgIpc) is 3.24. The van der Waals surface area contributed by atoms with E-state index in [1.807, 2.05) is 25.1 Å². The molecule has 1 aliphatic carbocycles. The van der Waals surface area contributed by atoms with Crippen molar-refractivity contribution in [3.05, 3.63) is 70.3 Å². The molecule has 1 N–H and O–H groups in total. The van der Waals surface area contributed by atoms with E-state index in [9.17, 15) is 9.00 Å². The lowest BCUT2D eigenvalue weighted by Crippen LogP contribution is -2.50. The lowest BCUT2D eigenvalue weighted by Gasteiger charge is -2.47. The number of halogens is 1. The molecule has 48 heavy (non-hydrogen) atoms. The Bertz CT molecular complexity index is 1490. The van der Waals surface area contributed by atoms with Crippen molar-refractivity contribution in [1.82, 2.24) is 9.62 Å². The van der Waals surface area contributed by atoms with Gasteiger partial charge in [-0.2, -0.15) is 0 Å². The Hall–Kier alpha value is -2.43. The highest BCUT2D eigenvalue weighted by atomic mass is 35.5. The Kier molecular flexibility index (Phi) is 11.5. The molecule has 1 saturated carbocycles. The first-order valence-corrected chi connectivity index (χ1v) is 19.3. The number of hydrogen-bond acceptors (Lipinski definition) is 7. The number of hydrogen-bond donors (Lipinski definition) is 1. The van der Waals surface area contributed by atoms with E-state index >= 15 is 0 Å². The molecule has 3 aliphatic heterocycles. The third kappa shape index (κ3) is 7.81. The van der Waals surface area contributed by atoms with Gasteiger partial charge in [0, 0.05) is 35.5 Å². The first-order valence-electron chi connectivity index (χ1n) is 17.7. The first-order chi connectivity index (χ1) is 23.1. The third-order valence-electron chi connectivity index (χ3n) is 11.1. The van der Waals surface area contributed by atoms with Crippen LogP contribution < -0.4 is 14.4 Å². The molecule has 7 unspecified atom stereocenters. The normalized spacial score (nSPS) is 33.5. The predicted octanol–water partition coefficient (Wildman–Crippen LogP) is 6.60. The maximum atomic E-state index is 13.5. The van der Waals surface area contributed by atoms with Crippen molar-refractivity contribution in [3.8, 4) is 5.75 Å². The standard InChI is InChI=1S/C38H52ClN3O5S/c1-6-8-26-17-30(39)13-15-32(26)29-20-42-19-28-11-14-33(28)34(38-46-22-31(23-47-38)41(4)5)10-7-9-24(2)25(3)48(44)40-37(43)27-12-16-36(45-21-29)35(42)18-27/h7,10,12-13,15-18,24-25,28-29,31,33-34,38H,6,8-9,11,14,19-23H2,1-5H3,(H,40,43)/b10-7+. The van der Waals surface area contributed by atoms with Crippen LogP contribution in [-0.4, -0.2) is 79.6 Å². The van der Waals surface area contributed by atoms with Crippen molar-refractivity contribution < 1.29 is 23.2 Å². The Labute approximate surface area is 294 Å². The number of fused-ring (bicyclic) bond motifs is 2. The third-order valence-corrected chi connectivity index (χ3v) is 12.8. The summed E-state index contributed by atoms with van der Waals surface area (Å²) in [5, 5.41) is 0.532. The molecule has 4 aliphatic rings. The molecule has 10 heteroatoms. The summed E-state index contributed by atoms with van der Waals surface area (Å²) < 4.78 is 35.5. The van der Waals surface area contributed by atoms with Crippen molar-refractivity contribution >= 4 is 34.2 Å². The van der Waals surface area contributed by atoms with Crippen LogP contribution in [0.1, 0.15) is 73.9 Å². The van der Waals surface area contributed by atoms with Gasteiger partial charge in [-0.3, -0.25) is 9.52 Å². The monoisotopic (exact) mass is 697 g/mol. The van der Waals surface area contributed by atoms with Gasteiger partial charge in [-0.15, -0.1) is 0 Å². The van der Waals surface area contributed by atoms with Crippen molar-refractivity contribution in [2.75, 3.05) is 51.9 Å². The Balaban J connectivity index is 1.36. The largest absolute Gasteiger partial charge is 0.491 e. The van der Waals surface area contributed by atoms with E-state index in [2.05, 4.69) is 66.7 Å². The molecule has 0 aromatic heterocycles. The molecule has 0 radical (unpaired) electrons. The molecule has 262 valence electrons. The molecule has 0 spiro atoms. The van der Waals surface area contributed by atoms with E-state index < -0.39 is 11.0 Å². The zero-order chi connectivity index (χ0) is 33.9. The molecular formula is C38H52ClN3O5S. The second kappa shape index (κ2) is 15.6. The molecule has 8 nitrogen and oxygen atoms in total. The summed E-state index contributed by atoms with van der Waals surface area (Å²) in [5.41, 5.74) is 3.93. The number of benzene rings is 2. The molecule has 6 rings (SSSR count). The SMILES string of the molecule is CCCc1cc(Cl)ccc1C1COc2ccc3cc2N(C1)CC1CCC1C(C1OCC(N(C)C)CO1)/C=C/CC(C)C(C)S(=O)NC3=O. The number of anilines is 1. The number of likely N-dealkylation sites (N-methyl/N-ethyl adjacent to an activating group) is 1. The van der Waals surface area contributed by atoms with Crippen LogP contribution in [0.4, 0.5) is 5.69 Å². The molecule has 7 atom stereocenters. The molecule has 2 aromatic carbocycles.